The molecule has 0 fully saturated rings. The third-order valence-corrected chi connectivity index (χ3v) is 4.30. The number of pyridine rings is 1. The van der Waals surface area contributed by atoms with Crippen molar-refractivity contribution in [3.05, 3.63) is 64.8 Å². The summed E-state index contributed by atoms with van der Waals surface area (Å²) in [6, 6.07) is 14.8. The van der Waals surface area contributed by atoms with E-state index in [1.807, 2.05) is 30.3 Å². The van der Waals surface area contributed by atoms with Gasteiger partial charge in [-0.05, 0) is 18.2 Å². The summed E-state index contributed by atoms with van der Waals surface area (Å²) in [6.45, 7) is 0.0635. The smallest absolute Gasteiger partial charge is 0.310 e. The van der Waals surface area contributed by atoms with E-state index in [2.05, 4.69) is 4.98 Å². The van der Waals surface area contributed by atoms with E-state index in [0.717, 1.165) is 16.5 Å². The van der Waals surface area contributed by atoms with E-state index in [0.29, 0.717) is 22.2 Å². The molecule has 0 aliphatic heterocycles. The highest BCUT2D eigenvalue weighted by atomic mass is 35.5. The van der Waals surface area contributed by atoms with Crippen LogP contribution in [0.1, 0.15) is 11.1 Å². The lowest BCUT2D eigenvalue weighted by Crippen LogP contribution is -2.09. The Balaban J connectivity index is 1.69. The van der Waals surface area contributed by atoms with Crippen molar-refractivity contribution in [3.8, 4) is 11.5 Å². The molecule has 0 unspecified atom stereocenters. The fraction of sp³-hybridized carbons (Fsp3) is 0.200. The zero-order chi connectivity index (χ0) is 18.5. The van der Waals surface area contributed by atoms with E-state index >= 15 is 0 Å². The number of aromatic nitrogens is 1. The summed E-state index contributed by atoms with van der Waals surface area (Å²) in [6.07, 6.45) is 0.0891. The highest BCUT2D eigenvalue weighted by molar-refractivity contribution is 6.30. The summed E-state index contributed by atoms with van der Waals surface area (Å²) in [5.41, 5.74) is 2.19. The van der Waals surface area contributed by atoms with Gasteiger partial charge in [0.1, 0.15) is 23.3 Å². The predicted molar refractivity (Wildman–Crippen MR) is 99.8 cm³/mol. The molecule has 1 aromatic heterocycles. The van der Waals surface area contributed by atoms with Crippen LogP contribution in [-0.2, 0) is 22.6 Å². The molecule has 0 saturated carbocycles. The average Bonchev–Trinajstić information content (AvgIpc) is 2.66. The van der Waals surface area contributed by atoms with Crippen LogP contribution < -0.4 is 9.47 Å². The second-order valence-electron chi connectivity index (χ2n) is 5.65. The lowest BCUT2D eigenvalue weighted by molar-refractivity contribution is -0.144. The maximum atomic E-state index is 12.2. The van der Waals surface area contributed by atoms with Gasteiger partial charge in [0.25, 0.3) is 0 Å². The highest BCUT2D eigenvalue weighted by Crippen LogP contribution is 2.26. The van der Waals surface area contributed by atoms with Gasteiger partial charge in [0.15, 0.2) is 0 Å². The van der Waals surface area contributed by atoms with E-state index < -0.39 is 0 Å². The molecular weight excluding hydrogens is 354 g/mol. The minimum atomic E-state index is -0.377. The molecule has 2 aromatic carbocycles. The van der Waals surface area contributed by atoms with Gasteiger partial charge in [-0.25, -0.2) is 4.98 Å². The molecule has 26 heavy (non-hydrogen) atoms. The maximum Gasteiger partial charge on any atom is 0.310 e. The van der Waals surface area contributed by atoms with E-state index in [-0.39, 0.29) is 19.0 Å². The van der Waals surface area contributed by atoms with Gasteiger partial charge >= 0.3 is 5.97 Å². The van der Waals surface area contributed by atoms with Gasteiger partial charge in [-0.3, -0.25) is 4.79 Å². The van der Waals surface area contributed by atoms with Crippen LogP contribution in [0.4, 0.5) is 0 Å². The molecule has 0 atom stereocenters. The molecule has 1 heterocycles. The quantitative estimate of drug-likeness (QED) is 0.480. The third kappa shape index (κ3) is 4.06. The molecule has 134 valence electrons. The normalized spacial score (nSPS) is 10.6. The Kier molecular flexibility index (Phi) is 5.58. The fourth-order valence-corrected chi connectivity index (χ4v) is 2.80. The van der Waals surface area contributed by atoms with Crippen LogP contribution in [0.2, 0.25) is 5.15 Å². The molecule has 0 aliphatic carbocycles. The fourth-order valence-electron chi connectivity index (χ4n) is 2.60. The second kappa shape index (κ2) is 8.06. The van der Waals surface area contributed by atoms with Crippen LogP contribution in [0.3, 0.4) is 0 Å². The molecule has 3 rings (SSSR count). The molecule has 0 saturated heterocycles. The van der Waals surface area contributed by atoms with Crippen LogP contribution >= 0.6 is 11.6 Å². The maximum absolute atomic E-state index is 12.2. The number of hydrogen-bond acceptors (Lipinski definition) is 5. The predicted octanol–water partition coefficient (Wildman–Crippen LogP) is 4.19. The lowest BCUT2D eigenvalue weighted by Gasteiger charge is -2.11. The summed E-state index contributed by atoms with van der Waals surface area (Å²) in [4.78, 5) is 16.5. The van der Waals surface area contributed by atoms with Gasteiger partial charge in [-0.15, -0.1) is 0 Å². The van der Waals surface area contributed by atoms with Crippen molar-refractivity contribution in [2.24, 2.45) is 0 Å². The van der Waals surface area contributed by atoms with Gasteiger partial charge in [0.2, 0.25) is 0 Å². The van der Waals surface area contributed by atoms with Crippen molar-refractivity contribution in [2.45, 2.75) is 13.0 Å². The number of esters is 1. The van der Waals surface area contributed by atoms with Crippen LogP contribution in [0.5, 0.6) is 11.5 Å². The second-order valence-corrected chi connectivity index (χ2v) is 6.00. The van der Waals surface area contributed by atoms with Gasteiger partial charge in [0.05, 0.1) is 26.2 Å². The molecule has 6 heteroatoms. The number of ether oxygens (including phenoxy) is 3. The Morgan fingerprint density at radius 2 is 1.85 bits per heavy atom. The molecule has 0 amide bonds. The number of benzene rings is 2. The number of halogens is 1. The third-order valence-electron chi connectivity index (χ3n) is 3.97. The lowest BCUT2D eigenvalue weighted by atomic mass is 10.1. The molecule has 0 radical (unpaired) electrons. The molecule has 0 aliphatic rings. The van der Waals surface area contributed by atoms with E-state index in [1.165, 1.54) is 0 Å². The number of methoxy groups -OCH3 is 2. The number of nitrogens with zero attached hydrogens (tertiary/aromatic N) is 1. The van der Waals surface area contributed by atoms with E-state index in [1.54, 1.807) is 32.4 Å². The first-order valence-electron chi connectivity index (χ1n) is 8.01. The van der Waals surface area contributed by atoms with Crippen molar-refractivity contribution in [3.63, 3.8) is 0 Å². The van der Waals surface area contributed by atoms with Gasteiger partial charge in [-0.1, -0.05) is 35.9 Å². The zero-order valence-corrected chi connectivity index (χ0v) is 15.2. The summed E-state index contributed by atoms with van der Waals surface area (Å²) in [5.74, 6) is 0.859. The van der Waals surface area contributed by atoms with Gasteiger partial charge in [-0.2, -0.15) is 0 Å². The Morgan fingerprint density at radius 3 is 2.62 bits per heavy atom. The zero-order valence-electron chi connectivity index (χ0n) is 14.5. The number of fused-ring (bicyclic) bond motifs is 1. The topological polar surface area (TPSA) is 57.7 Å². The summed E-state index contributed by atoms with van der Waals surface area (Å²) in [7, 11) is 3.12. The molecule has 0 spiro atoms. The first-order valence-corrected chi connectivity index (χ1v) is 8.39. The van der Waals surface area contributed by atoms with Crippen molar-refractivity contribution < 1.29 is 19.0 Å². The average molecular weight is 372 g/mol. The van der Waals surface area contributed by atoms with Crippen molar-refractivity contribution in [1.82, 2.24) is 4.98 Å². The van der Waals surface area contributed by atoms with Crippen molar-refractivity contribution >= 4 is 28.5 Å². The van der Waals surface area contributed by atoms with Crippen LogP contribution in [0.25, 0.3) is 10.9 Å². The van der Waals surface area contributed by atoms with Crippen molar-refractivity contribution in [1.29, 1.82) is 0 Å². The van der Waals surface area contributed by atoms with E-state index in [9.17, 15) is 4.79 Å². The first-order chi connectivity index (χ1) is 12.6. The summed E-state index contributed by atoms with van der Waals surface area (Å²) in [5, 5.41) is 1.28. The monoisotopic (exact) mass is 371 g/mol. The minimum absolute atomic E-state index is 0.0635. The SMILES string of the molecule is COc1ccc(CC(=O)OCc2cc3ccccc3nc2Cl)c(OC)c1. The molecule has 0 N–H and O–H groups in total. The molecule has 0 bridgehead atoms. The van der Waals surface area contributed by atoms with Crippen LogP contribution in [0.15, 0.2) is 48.5 Å². The van der Waals surface area contributed by atoms with E-state index in [4.69, 9.17) is 25.8 Å². The Bertz CT molecular complexity index is 942. The summed E-state index contributed by atoms with van der Waals surface area (Å²) >= 11 is 6.19. The van der Waals surface area contributed by atoms with Crippen molar-refractivity contribution in [2.75, 3.05) is 14.2 Å². The number of para-hydroxylation sites is 1. The number of hydrogen-bond donors (Lipinski definition) is 0. The number of carbonyl (C=O) groups excluding carboxylic acids is 1. The first kappa shape index (κ1) is 18.0. The largest absolute Gasteiger partial charge is 0.497 e. The number of carbonyl (C=O) groups is 1. The number of rotatable bonds is 6. The van der Waals surface area contributed by atoms with Gasteiger partial charge in [0, 0.05) is 22.6 Å². The Morgan fingerprint density at radius 1 is 1.04 bits per heavy atom. The Labute approximate surface area is 156 Å². The van der Waals surface area contributed by atoms with Crippen LogP contribution in [-0.4, -0.2) is 25.2 Å². The summed E-state index contributed by atoms with van der Waals surface area (Å²) < 4.78 is 15.8. The Hall–Kier alpha value is -2.79. The van der Waals surface area contributed by atoms with Gasteiger partial charge < -0.3 is 14.2 Å². The standard InChI is InChI=1S/C20H18ClNO4/c1-24-16-8-7-14(18(11-16)25-2)10-19(23)26-12-15-9-13-5-3-4-6-17(13)22-20(15)21/h3-9,11H,10,12H2,1-2H3. The van der Waals surface area contributed by atoms with Crippen LogP contribution in [0, 0.1) is 0 Å². The molecule has 5 nitrogen and oxygen atoms in total. The minimum Gasteiger partial charge on any atom is -0.497 e. The highest BCUT2D eigenvalue weighted by Gasteiger charge is 2.13. The molecular formula is C20H18ClNO4. The molecule has 3 aromatic rings.